The van der Waals surface area contributed by atoms with Gasteiger partial charge in [0, 0.05) is 0 Å². The van der Waals surface area contributed by atoms with Crippen LogP contribution >= 0.6 is 0 Å². The minimum atomic E-state index is -1.57. The van der Waals surface area contributed by atoms with E-state index in [1.54, 1.807) is 0 Å². The van der Waals surface area contributed by atoms with Gasteiger partial charge in [-0.3, -0.25) is 19.2 Å². The van der Waals surface area contributed by atoms with Crippen LogP contribution in [-0.2, 0) is 43.9 Å². The van der Waals surface area contributed by atoms with Gasteiger partial charge in [-0.2, -0.15) is 0 Å². The Kier molecular flexibility index (Phi) is 4.13. The van der Waals surface area contributed by atoms with Gasteiger partial charge in [0.25, 0.3) is 0 Å². The predicted molar refractivity (Wildman–Crippen MR) is 144 cm³/mol. The van der Waals surface area contributed by atoms with E-state index < -0.39 is 34.5 Å². The molecule has 0 aliphatic heterocycles. The van der Waals surface area contributed by atoms with Gasteiger partial charge in [-0.05, 0) is 91.0 Å². The summed E-state index contributed by atoms with van der Waals surface area (Å²) in [6, 6.07) is 15.7. The van der Waals surface area contributed by atoms with Crippen LogP contribution in [0, 0.1) is 5.41 Å². The Bertz CT molecular complexity index is 1870. The maximum Gasteiger partial charge on any atom is 0.237 e. The van der Waals surface area contributed by atoms with Crippen LogP contribution in [0.2, 0.25) is 0 Å². The third-order valence-corrected chi connectivity index (χ3v) is 9.16. The van der Waals surface area contributed by atoms with E-state index in [9.17, 15) is 19.2 Å². The predicted octanol–water partition coefficient (Wildman–Crippen LogP) is 1.95. The summed E-state index contributed by atoms with van der Waals surface area (Å²) >= 11 is 0. The quantitative estimate of drug-likeness (QED) is 0.166. The summed E-state index contributed by atoms with van der Waals surface area (Å²) in [6.45, 7) is 0. The summed E-state index contributed by atoms with van der Waals surface area (Å²) in [7, 11) is 0. The van der Waals surface area contributed by atoms with E-state index in [1.807, 2.05) is 42.5 Å². The fraction of sp³-hybridized carbons (Fsp3) is 0.200. The van der Waals surface area contributed by atoms with Crippen LogP contribution in [0.4, 0.5) is 0 Å². The number of hydrogen-bond donors (Lipinski definition) is 4. The van der Waals surface area contributed by atoms with E-state index in [1.165, 1.54) is 0 Å². The molecule has 0 fully saturated rings. The standard InChI is InChI=1S/C30H24N4O4/c31-25(35)29(26(32)36)11-14-2-5-16-18-4-1-13-9-10-30(27(33)37,28(34)38)20-8-7-19(24(18)22(13)20)17-6-3-15(12-29)21(14)23(16)17/h1-8H,9-12H2,(H2,31,35)(H2,32,36)(H2,33,37)(H2,34,38). The second-order valence-electron chi connectivity index (χ2n) is 10.8. The molecule has 0 aromatic heterocycles. The van der Waals surface area contributed by atoms with Crippen LogP contribution in [0.1, 0.15) is 28.7 Å². The summed E-state index contributed by atoms with van der Waals surface area (Å²) < 4.78 is 0. The lowest BCUT2D eigenvalue weighted by molar-refractivity contribution is -0.140. The average Bonchev–Trinajstić information content (AvgIpc) is 2.89. The molecule has 8 nitrogen and oxygen atoms in total. The number of aryl methyl sites for hydroxylation is 1. The third-order valence-electron chi connectivity index (χ3n) is 9.16. The van der Waals surface area contributed by atoms with Crippen LogP contribution < -0.4 is 22.9 Å². The third kappa shape index (κ3) is 2.40. The maximum absolute atomic E-state index is 12.7. The number of hydrogen-bond acceptors (Lipinski definition) is 4. The first-order valence-corrected chi connectivity index (χ1v) is 12.5. The van der Waals surface area contributed by atoms with Crippen molar-refractivity contribution in [3.63, 3.8) is 0 Å². The molecule has 2 aliphatic rings. The van der Waals surface area contributed by atoms with E-state index >= 15 is 0 Å². The molecule has 5 aromatic carbocycles. The zero-order valence-corrected chi connectivity index (χ0v) is 20.4. The highest BCUT2D eigenvalue weighted by atomic mass is 16.2. The number of carbonyl (C=O) groups excluding carboxylic acids is 4. The molecule has 0 spiro atoms. The Hall–Kier alpha value is -4.72. The fourth-order valence-electron chi connectivity index (χ4n) is 7.24. The normalized spacial score (nSPS) is 17.3. The van der Waals surface area contributed by atoms with Gasteiger partial charge < -0.3 is 22.9 Å². The molecule has 0 saturated carbocycles. The van der Waals surface area contributed by atoms with E-state index in [0.717, 1.165) is 59.8 Å². The van der Waals surface area contributed by atoms with Crippen molar-refractivity contribution in [3.05, 3.63) is 70.8 Å². The van der Waals surface area contributed by atoms with Crippen molar-refractivity contribution in [2.45, 2.75) is 31.1 Å². The number of primary amides is 4. The molecule has 0 saturated heterocycles. The van der Waals surface area contributed by atoms with Gasteiger partial charge in [-0.25, -0.2) is 0 Å². The van der Waals surface area contributed by atoms with Gasteiger partial charge in [0.15, 0.2) is 5.41 Å². The van der Waals surface area contributed by atoms with Crippen LogP contribution in [0.5, 0.6) is 0 Å². The molecular formula is C30H24N4O4. The molecule has 0 atom stereocenters. The van der Waals surface area contributed by atoms with Gasteiger partial charge in [0.05, 0.1) is 0 Å². The van der Waals surface area contributed by atoms with Gasteiger partial charge in [-0.1, -0.05) is 48.5 Å². The largest absolute Gasteiger partial charge is 0.369 e. The molecule has 2 aliphatic carbocycles. The minimum absolute atomic E-state index is 0.144. The van der Waals surface area contributed by atoms with Crippen molar-refractivity contribution in [3.8, 4) is 0 Å². The van der Waals surface area contributed by atoms with Crippen LogP contribution in [0.25, 0.3) is 43.1 Å². The van der Waals surface area contributed by atoms with Crippen molar-refractivity contribution < 1.29 is 19.2 Å². The molecule has 8 heteroatoms. The van der Waals surface area contributed by atoms with Gasteiger partial charge in [0.1, 0.15) is 5.41 Å². The molecule has 0 heterocycles. The van der Waals surface area contributed by atoms with Gasteiger partial charge in [-0.15, -0.1) is 0 Å². The van der Waals surface area contributed by atoms with Gasteiger partial charge in [0.2, 0.25) is 23.6 Å². The van der Waals surface area contributed by atoms with Crippen molar-refractivity contribution in [2.24, 2.45) is 28.3 Å². The van der Waals surface area contributed by atoms with Crippen LogP contribution in [0.3, 0.4) is 0 Å². The smallest absolute Gasteiger partial charge is 0.237 e. The monoisotopic (exact) mass is 504 g/mol. The lowest BCUT2D eigenvalue weighted by atomic mass is 9.66. The first-order chi connectivity index (χ1) is 18.1. The van der Waals surface area contributed by atoms with Crippen LogP contribution in [-0.4, -0.2) is 23.6 Å². The Morgan fingerprint density at radius 1 is 0.526 bits per heavy atom. The highest BCUT2D eigenvalue weighted by Gasteiger charge is 2.49. The summed E-state index contributed by atoms with van der Waals surface area (Å²) in [4.78, 5) is 50.3. The van der Waals surface area contributed by atoms with Crippen LogP contribution in [0.15, 0.2) is 48.5 Å². The maximum atomic E-state index is 12.7. The van der Waals surface area contributed by atoms with Crippen molar-refractivity contribution in [2.75, 3.05) is 0 Å². The van der Waals surface area contributed by atoms with Crippen molar-refractivity contribution >= 4 is 66.7 Å². The molecule has 0 unspecified atom stereocenters. The molecular weight excluding hydrogens is 480 g/mol. The number of rotatable bonds is 4. The summed E-state index contributed by atoms with van der Waals surface area (Å²) in [6.07, 6.45) is 1.02. The van der Waals surface area contributed by atoms with E-state index in [2.05, 4.69) is 6.07 Å². The SMILES string of the molecule is NC(=O)C1(C(N)=O)Cc2ccc3c4ccc5c6c(ccc(c7ccc(c2c37)C1)c64)C(C(N)=O)(C(N)=O)CC5. The van der Waals surface area contributed by atoms with Crippen molar-refractivity contribution in [1.82, 2.24) is 0 Å². The lowest BCUT2D eigenvalue weighted by Crippen LogP contribution is -2.52. The second-order valence-corrected chi connectivity index (χ2v) is 10.8. The summed E-state index contributed by atoms with van der Waals surface area (Å²) in [5.41, 5.74) is 23.3. The topological polar surface area (TPSA) is 172 Å². The molecule has 4 amide bonds. The van der Waals surface area contributed by atoms with E-state index in [0.29, 0.717) is 12.0 Å². The molecule has 5 aromatic rings. The molecule has 38 heavy (non-hydrogen) atoms. The molecule has 188 valence electrons. The average molecular weight is 505 g/mol. The fourth-order valence-corrected chi connectivity index (χ4v) is 7.24. The molecule has 7 rings (SSSR count). The molecule has 0 radical (unpaired) electrons. The van der Waals surface area contributed by atoms with E-state index in [4.69, 9.17) is 22.9 Å². The first kappa shape index (κ1) is 22.5. The van der Waals surface area contributed by atoms with Gasteiger partial charge >= 0.3 is 0 Å². The van der Waals surface area contributed by atoms with Crippen molar-refractivity contribution in [1.29, 1.82) is 0 Å². The summed E-state index contributed by atoms with van der Waals surface area (Å²) in [5.74, 6) is -2.92. The number of nitrogens with two attached hydrogens (primary N) is 4. The lowest BCUT2D eigenvalue weighted by Gasteiger charge is -2.35. The number of amides is 4. The zero-order chi connectivity index (χ0) is 26.7. The molecule has 8 N–H and O–H groups in total. The number of carbonyl (C=O) groups is 4. The molecule has 0 bridgehead atoms. The Labute approximate surface area is 216 Å². The van der Waals surface area contributed by atoms with E-state index in [-0.39, 0.29) is 19.3 Å². The summed E-state index contributed by atoms with van der Waals surface area (Å²) in [5, 5.41) is 7.79. The Balaban J connectivity index is 1.62. The Morgan fingerprint density at radius 3 is 1.45 bits per heavy atom. The second kappa shape index (κ2) is 6.98. The highest BCUT2D eigenvalue weighted by Crippen LogP contribution is 2.50. The Morgan fingerprint density at radius 2 is 0.974 bits per heavy atom. The highest BCUT2D eigenvalue weighted by molar-refractivity contribution is 6.35. The number of fused-ring (bicyclic) bond motifs is 2. The number of benzene rings is 5. The zero-order valence-electron chi connectivity index (χ0n) is 20.4. The minimum Gasteiger partial charge on any atom is -0.369 e. The first-order valence-electron chi connectivity index (χ1n) is 12.5.